The van der Waals surface area contributed by atoms with Gasteiger partial charge in [0.1, 0.15) is 0 Å². The van der Waals surface area contributed by atoms with Crippen LogP contribution in [0.25, 0.3) is 0 Å². The zero-order valence-corrected chi connectivity index (χ0v) is 7.77. The van der Waals surface area contributed by atoms with Crippen molar-refractivity contribution in [3.05, 3.63) is 0 Å². The van der Waals surface area contributed by atoms with Gasteiger partial charge in [0.05, 0.1) is 6.04 Å². The fourth-order valence-corrected chi connectivity index (χ4v) is 2.00. The Hall–Kier alpha value is -1.46. The van der Waals surface area contributed by atoms with E-state index in [0.717, 1.165) is 6.42 Å². The molecule has 0 aromatic heterocycles. The molecule has 2 aliphatic heterocycles. The second kappa shape index (κ2) is 3.36. The quantitative estimate of drug-likeness (QED) is 0.612. The molecule has 78 valence electrons. The van der Waals surface area contributed by atoms with E-state index in [1.54, 1.807) is 4.90 Å². The SMILES string of the molecule is O=C(O)N1CC[C@@H](N2CCNC2=O)C1. The molecule has 0 aromatic carbocycles. The molecule has 0 aliphatic carbocycles. The Morgan fingerprint density at radius 1 is 1.50 bits per heavy atom. The zero-order valence-electron chi connectivity index (χ0n) is 7.77. The van der Waals surface area contributed by atoms with E-state index in [2.05, 4.69) is 5.32 Å². The molecule has 2 saturated heterocycles. The Labute approximate surface area is 81.5 Å². The Kier molecular flexibility index (Phi) is 2.18. The third-order valence-corrected chi connectivity index (χ3v) is 2.76. The monoisotopic (exact) mass is 199 g/mol. The summed E-state index contributed by atoms with van der Waals surface area (Å²) < 4.78 is 0. The lowest BCUT2D eigenvalue weighted by Crippen LogP contribution is -2.40. The van der Waals surface area contributed by atoms with Gasteiger partial charge in [0, 0.05) is 26.2 Å². The highest BCUT2D eigenvalue weighted by atomic mass is 16.4. The van der Waals surface area contributed by atoms with Crippen LogP contribution in [-0.4, -0.2) is 59.3 Å². The van der Waals surface area contributed by atoms with Crippen molar-refractivity contribution in [3.63, 3.8) is 0 Å². The Bertz CT molecular complexity index is 269. The summed E-state index contributed by atoms with van der Waals surface area (Å²) in [5, 5.41) is 11.5. The summed E-state index contributed by atoms with van der Waals surface area (Å²) in [4.78, 5) is 25.0. The largest absolute Gasteiger partial charge is 0.465 e. The molecule has 2 rings (SSSR count). The molecule has 0 saturated carbocycles. The highest BCUT2D eigenvalue weighted by Crippen LogP contribution is 2.17. The average Bonchev–Trinajstić information content (AvgIpc) is 2.71. The minimum Gasteiger partial charge on any atom is -0.465 e. The summed E-state index contributed by atoms with van der Waals surface area (Å²) in [6.07, 6.45) is -0.146. The summed E-state index contributed by atoms with van der Waals surface area (Å²) in [6, 6.07) is -0.00385. The topological polar surface area (TPSA) is 72.9 Å². The van der Waals surface area contributed by atoms with Gasteiger partial charge in [-0.25, -0.2) is 9.59 Å². The molecule has 14 heavy (non-hydrogen) atoms. The van der Waals surface area contributed by atoms with Gasteiger partial charge < -0.3 is 20.2 Å². The second-order valence-corrected chi connectivity index (χ2v) is 3.60. The number of nitrogens with zero attached hydrogens (tertiary/aromatic N) is 2. The third-order valence-electron chi connectivity index (χ3n) is 2.76. The number of hydrogen-bond donors (Lipinski definition) is 2. The number of likely N-dealkylation sites (tertiary alicyclic amines) is 1. The molecule has 2 aliphatic rings. The Morgan fingerprint density at radius 3 is 2.79 bits per heavy atom. The van der Waals surface area contributed by atoms with Crippen molar-refractivity contribution in [3.8, 4) is 0 Å². The summed E-state index contributed by atoms with van der Waals surface area (Å²) >= 11 is 0. The number of carboxylic acid groups (broad SMARTS) is 1. The first kappa shape index (κ1) is 9.11. The number of amides is 3. The molecule has 3 amide bonds. The fourth-order valence-electron chi connectivity index (χ4n) is 2.00. The van der Waals surface area contributed by atoms with Crippen molar-refractivity contribution in [2.75, 3.05) is 26.2 Å². The number of nitrogens with one attached hydrogen (secondary N) is 1. The van der Waals surface area contributed by atoms with E-state index in [4.69, 9.17) is 5.11 Å². The molecular weight excluding hydrogens is 186 g/mol. The van der Waals surface area contributed by atoms with E-state index in [1.165, 1.54) is 4.90 Å². The lowest BCUT2D eigenvalue weighted by atomic mass is 10.2. The lowest BCUT2D eigenvalue weighted by molar-refractivity contribution is 0.150. The van der Waals surface area contributed by atoms with Gasteiger partial charge in [0.2, 0.25) is 0 Å². The van der Waals surface area contributed by atoms with Crippen molar-refractivity contribution in [2.24, 2.45) is 0 Å². The zero-order chi connectivity index (χ0) is 10.1. The molecule has 0 spiro atoms. The standard InChI is InChI=1S/C8H13N3O3/c12-7-9-2-4-11(7)6-1-3-10(5-6)8(13)14/h6H,1-5H2,(H,9,12)(H,13,14)/t6-/m1/s1. The average molecular weight is 199 g/mol. The molecule has 1 atom stereocenters. The summed E-state index contributed by atoms with van der Waals surface area (Å²) in [5.41, 5.74) is 0. The number of carbonyl (C=O) groups excluding carboxylic acids is 1. The molecule has 0 unspecified atom stereocenters. The van der Waals surface area contributed by atoms with Crippen LogP contribution in [0.1, 0.15) is 6.42 Å². The molecule has 2 N–H and O–H groups in total. The molecule has 2 fully saturated rings. The second-order valence-electron chi connectivity index (χ2n) is 3.60. The van der Waals surface area contributed by atoms with Crippen LogP contribution >= 0.6 is 0 Å². The first-order valence-electron chi connectivity index (χ1n) is 4.71. The van der Waals surface area contributed by atoms with Crippen molar-refractivity contribution in [1.82, 2.24) is 15.1 Å². The maximum Gasteiger partial charge on any atom is 0.407 e. The van der Waals surface area contributed by atoms with Crippen molar-refractivity contribution in [1.29, 1.82) is 0 Å². The molecule has 0 radical (unpaired) electrons. The van der Waals surface area contributed by atoms with Crippen LogP contribution in [0, 0.1) is 0 Å². The van der Waals surface area contributed by atoms with Crippen molar-refractivity contribution in [2.45, 2.75) is 12.5 Å². The van der Waals surface area contributed by atoms with Gasteiger partial charge in [-0.2, -0.15) is 0 Å². The number of hydrogen-bond acceptors (Lipinski definition) is 2. The van der Waals surface area contributed by atoms with Crippen molar-refractivity contribution < 1.29 is 14.7 Å². The van der Waals surface area contributed by atoms with Crippen LogP contribution in [0.3, 0.4) is 0 Å². The van der Waals surface area contributed by atoms with E-state index >= 15 is 0 Å². The molecule has 0 aromatic rings. The van der Waals surface area contributed by atoms with Gasteiger partial charge in [-0.1, -0.05) is 0 Å². The van der Waals surface area contributed by atoms with Gasteiger partial charge >= 0.3 is 12.1 Å². The van der Waals surface area contributed by atoms with Crippen LogP contribution in [0.15, 0.2) is 0 Å². The Balaban J connectivity index is 1.95. The molecule has 6 heteroatoms. The smallest absolute Gasteiger partial charge is 0.407 e. The van der Waals surface area contributed by atoms with E-state index in [9.17, 15) is 9.59 Å². The summed E-state index contributed by atoms with van der Waals surface area (Å²) in [7, 11) is 0. The number of carbonyl (C=O) groups is 2. The summed E-state index contributed by atoms with van der Waals surface area (Å²) in [5.74, 6) is 0. The van der Waals surface area contributed by atoms with Crippen molar-refractivity contribution >= 4 is 12.1 Å². The first-order valence-corrected chi connectivity index (χ1v) is 4.71. The minimum absolute atomic E-state index is 0.0635. The number of rotatable bonds is 1. The molecular formula is C8H13N3O3. The minimum atomic E-state index is -0.896. The normalized spacial score (nSPS) is 26.9. The Morgan fingerprint density at radius 2 is 2.29 bits per heavy atom. The van der Waals surface area contributed by atoms with E-state index in [-0.39, 0.29) is 12.1 Å². The van der Waals surface area contributed by atoms with Crippen LogP contribution in [-0.2, 0) is 0 Å². The fraction of sp³-hybridized carbons (Fsp3) is 0.750. The van der Waals surface area contributed by atoms with E-state index in [1.807, 2.05) is 0 Å². The maximum atomic E-state index is 11.3. The summed E-state index contributed by atoms with van der Waals surface area (Å²) in [6.45, 7) is 2.34. The molecule has 6 nitrogen and oxygen atoms in total. The van der Waals surface area contributed by atoms with Crippen LogP contribution < -0.4 is 5.32 Å². The van der Waals surface area contributed by atoms with Crippen LogP contribution in [0.5, 0.6) is 0 Å². The third kappa shape index (κ3) is 1.47. The molecule has 0 bridgehead atoms. The van der Waals surface area contributed by atoms with Gasteiger partial charge in [-0.05, 0) is 6.42 Å². The van der Waals surface area contributed by atoms with Crippen LogP contribution in [0.2, 0.25) is 0 Å². The van der Waals surface area contributed by atoms with E-state index in [0.29, 0.717) is 26.2 Å². The molecule has 2 heterocycles. The highest BCUT2D eigenvalue weighted by molar-refractivity contribution is 5.76. The first-order chi connectivity index (χ1) is 6.68. The van der Waals surface area contributed by atoms with Gasteiger partial charge in [-0.3, -0.25) is 0 Å². The predicted octanol–water partition coefficient (Wildman–Crippen LogP) is -0.236. The van der Waals surface area contributed by atoms with Gasteiger partial charge in [-0.15, -0.1) is 0 Å². The lowest BCUT2D eigenvalue weighted by Gasteiger charge is -2.21. The van der Waals surface area contributed by atoms with Gasteiger partial charge in [0.15, 0.2) is 0 Å². The van der Waals surface area contributed by atoms with E-state index < -0.39 is 6.09 Å². The predicted molar refractivity (Wildman–Crippen MR) is 48.1 cm³/mol. The van der Waals surface area contributed by atoms with Crippen LogP contribution in [0.4, 0.5) is 9.59 Å². The highest BCUT2D eigenvalue weighted by Gasteiger charge is 2.34. The number of urea groups is 1. The van der Waals surface area contributed by atoms with Gasteiger partial charge in [0.25, 0.3) is 0 Å². The maximum absolute atomic E-state index is 11.3.